The van der Waals surface area contributed by atoms with Gasteiger partial charge in [0.25, 0.3) is 0 Å². The number of amides is 2. The van der Waals surface area contributed by atoms with Gasteiger partial charge in [0, 0.05) is 31.3 Å². The molecule has 4 aliphatic carbocycles. The van der Waals surface area contributed by atoms with Crippen LogP contribution >= 0.6 is 0 Å². The maximum Gasteiger partial charge on any atom is 0.243 e. The Hall–Kier alpha value is -2.47. The van der Waals surface area contributed by atoms with E-state index in [-0.39, 0.29) is 28.7 Å². The standard InChI is InChI=1S/C33H47N3O3/c1-32-18-16-25(35-30(37)10-6-4-3-5-7-11-31(38)36-39)21-24(32)12-13-26-28-15-14-27(23-9-8-20-34-22-23)33(28,2)19-17-29(26)32/h8-9,12,14,20,22,25-26,28-29,39H,3-7,10-11,13,15-19,21H2,1-2H3,(H,35,37)(H,36,38)/t25-,26?,28?,29?,32+,33-/m1/s1. The van der Waals surface area contributed by atoms with Crippen molar-refractivity contribution in [2.75, 3.05) is 0 Å². The lowest BCUT2D eigenvalue weighted by atomic mass is 9.47. The summed E-state index contributed by atoms with van der Waals surface area (Å²) >= 11 is 0. The number of carbonyl (C=O) groups excluding carboxylic acids is 2. The molecule has 212 valence electrons. The molecule has 1 heterocycles. The summed E-state index contributed by atoms with van der Waals surface area (Å²) in [5.74, 6) is 2.06. The van der Waals surface area contributed by atoms with Gasteiger partial charge in [0.1, 0.15) is 0 Å². The zero-order valence-corrected chi connectivity index (χ0v) is 23.9. The molecule has 4 aliphatic rings. The third-order valence-electron chi connectivity index (χ3n) is 11.0. The van der Waals surface area contributed by atoms with Crippen molar-refractivity contribution < 1.29 is 14.8 Å². The van der Waals surface area contributed by atoms with E-state index >= 15 is 0 Å². The van der Waals surface area contributed by atoms with E-state index < -0.39 is 0 Å². The highest BCUT2D eigenvalue weighted by molar-refractivity contribution is 5.76. The summed E-state index contributed by atoms with van der Waals surface area (Å²) in [5.41, 5.74) is 6.64. The molecule has 0 aliphatic heterocycles. The molecule has 0 saturated heterocycles. The van der Waals surface area contributed by atoms with Crippen LogP contribution in [0.2, 0.25) is 0 Å². The average molecular weight is 534 g/mol. The zero-order chi connectivity index (χ0) is 27.5. The van der Waals surface area contributed by atoms with Crippen LogP contribution in [0.15, 0.2) is 42.3 Å². The first kappa shape index (κ1) is 28.1. The van der Waals surface area contributed by atoms with E-state index in [2.05, 4.69) is 48.4 Å². The van der Waals surface area contributed by atoms with Crippen molar-refractivity contribution in [1.29, 1.82) is 0 Å². The molecular formula is C33H47N3O3. The van der Waals surface area contributed by atoms with Crippen LogP contribution in [-0.4, -0.2) is 28.0 Å². The van der Waals surface area contributed by atoms with E-state index in [1.807, 2.05) is 12.4 Å². The topological polar surface area (TPSA) is 91.3 Å². The molecule has 6 heteroatoms. The first-order chi connectivity index (χ1) is 18.8. The summed E-state index contributed by atoms with van der Waals surface area (Å²) in [6.45, 7) is 5.05. The van der Waals surface area contributed by atoms with Gasteiger partial charge in [-0.15, -0.1) is 0 Å². The fraction of sp³-hybridized carbons (Fsp3) is 0.667. The van der Waals surface area contributed by atoms with Crippen molar-refractivity contribution in [1.82, 2.24) is 15.8 Å². The summed E-state index contributed by atoms with van der Waals surface area (Å²) in [4.78, 5) is 28.1. The fourth-order valence-corrected chi connectivity index (χ4v) is 8.78. The van der Waals surface area contributed by atoms with E-state index in [9.17, 15) is 9.59 Å². The molecule has 0 spiro atoms. The van der Waals surface area contributed by atoms with Crippen molar-refractivity contribution in [3.63, 3.8) is 0 Å². The minimum Gasteiger partial charge on any atom is -0.353 e. The maximum atomic E-state index is 12.7. The van der Waals surface area contributed by atoms with Crippen molar-refractivity contribution in [3.8, 4) is 0 Å². The molecule has 2 fully saturated rings. The number of unbranched alkanes of at least 4 members (excludes halogenated alkanes) is 4. The van der Waals surface area contributed by atoms with Crippen LogP contribution in [0, 0.1) is 28.6 Å². The molecule has 0 radical (unpaired) electrons. The van der Waals surface area contributed by atoms with Gasteiger partial charge in [-0.1, -0.05) is 56.9 Å². The number of carbonyl (C=O) groups is 2. The lowest BCUT2D eigenvalue weighted by Crippen LogP contribution is -2.51. The maximum absolute atomic E-state index is 12.7. The van der Waals surface area contributed by atoms with E-state index in [1.54, 1.807) is 11.1 Å². The summed E-state index contributed by atoms with van der Waals surface area (Å²) in [6, 6.07) is 4.57. The Morgan fingerprint density at radius 1 is 0.949 bits per heavy atom. The first-order valence-corrected chi connectivity index (χ1v) is 15.4. The molecule has 1 aromatic heterocycles. The monoisotopic (exact) mass is 533 g/mol. The molecule has 6 nitrogen and oxygen atoms in total. The van der Waals surface area contributed by atoms with Crippen molar-refractivity contribution >= 4 is 17.4 Å². The minimum absolute atomic E-state index is 0.186. The van der Waals surface area contributed by atoms with Gasteiger partial charge in [0.2, 0.25) is 11.8 Å². The Morgan fingerprint density at radius 3 is 2.44 bits per heavy atom. The summed E-state index contributed by atoms with van der Waals surface area (Å²) in [6.07, 6.45) is 22.8. The summed E-state index contributed by atoms with van der Waals surface area (Å²) in [5, 5.41) is 11.9. The summed E-state index contributed by atoms with van der Waals surface area (Å²) in [7, 11) is 0. The van der Waals surface area contributed by atoms with Gasteiger partial charge in [-0.2, -0.15) is 0 Å². The Morgan fingerprint density at radius 2 is 1.69 bits per heavy atom. The lowest BCUT2D eigenvalue weighted by Gasteiger charge is -2.58. The van der Waals surface area contributed by atoms with Gasteiger partial charge >= 0.3 is 0 Å². The Balaban J connectivity index is 1.12. The van der Waals surface area contributed by atoms with Crippen LogP contribution < -0.4 is 10.8 Å². The quantitative estimate of drug-likeness (QED) is 0.134. The number of pyridine rings is 1. The number of aromatic nitrogens is 1. The van der Waals surface area contributed by atoms with Crippen LogP contribution in [0.4, 0.5) is 0 Å². The SMILES string of the molecule is C[C@]12CC[C@@H](NC(=O)CCCCCCCC(=O)NO)CC1=CCC1C2CC[C@]2(C)C(c3cccnc3)=CCC12. The summed E-state index contributed by atoms with van der Waals surface area (Å²) < 4.78 is 0. The number of nitrogens with one attached hydrogen (secondary N) is 2. The van der Waals surface area contributed by atoms with Gasteiger partial charge < -0.3 is 5.32 Å². The molecule has 5 rings (SSSR count). The van der Waals surface area contributed by atoms with Crippen LogP contribution in [-0.2, 0) is 9.59 Å². The molecule has 0 bridgehead atoms. The first-order valence-electron chi connectivity index (χ1n) is 15.4. The Bertz CT molecular complexity index is 1100. The van der Waals surface area contributed by atoms with E-state index in [1.165, 1.54) is 43.2 Å². The van der Waals surface area contributed by atoms with Crippen LogP contribution in [0.3, 0.4) is 0 Å². The van der Waals surface area contributed by atoms with E-state index in [4.69, 9.17) is 5.21 Å². The number of fused-ring (bicyclic) bond motifs is 5. The zero-order valence-electron chi connectivity index (χ0n) is 23.9. The number of nitrogens with zero attached hydrogens (tertiary/aromatic N) is 1. The normalized spacial score (nSPS) is 33.2. The molecule has 39 heavy (non-hydrogen) atoms. The van der Waals surface area contributed by atoms with Crippen molar-refractivity contribution in [2.45, 2.75) is 110 Å². The molecule has 6 atom stereocenters. The smallest absolute Gasteiger partial charge is 0.243 e. The van der Waals surface area contributed by atoms with E-state index in [0.717, 1.165) is 56.8 Å². The highest BCUT2D eigenvalue weighted by Crippen LogP contribution is 2.66. The second-order valence-corrected chi connectivity index (χ2v) is 13.1. The van der Waals surface area contributed by atoms with Gasteiger partial charge in [-0.3, -0.25) is 19.8 Å². The van der Waals surface area contributed by atoms with Gasteiger partial charge in [-0.05, 0) is 104 Å². The molecule has 1 aromatic rings. The van der Waals surface area contributed by atoms with Gasteiger partial charge in [0.15, 0.2) is 0 Å². The number of hydrogen-bond donors (Lipinski definition) is 3. The predicted molar refractivity (Wildman–Crippen MR) is 153 cm³/mol. The van der Waals surface area contributed by atoms with Crippen LogP contribution in [0.1, 0.15) is 109 Å². The fourth-order valence-electron chi connectivity index (χ4n) is 8.78. The van der Waals surface area contributed by atoms with Gasteiger partial charge in [0.05, 0.1) is 0 Å². The van der Waals surface area contributed by atoms with Crippen molar-refractivity contribution in [2.24, 2.45) is 28.6 Å². The molecule has 3 unspecified atom stereocenters. The molecular weight excluding hydrogens is 486 g/mol. The second-order valence-electron chi connectivity index (χ2n) is 13.1. The molecule has 2 saturated carbocycles. The number of hydrogen-bond acceptors (Lipinski definition) is 4. The third-order valence-corrected chi connectivity index (χ3v) is 11.0. The Labute approximate surface area is 234 Å². The predicted octanol–water partition coefficient (Wildman–Crippen LogP) is 6.76. The number of rotatable bonds is 10. The molecule has 0 aromatic carbocycles. The highest BCUT2D eigenvalue weighted by atomic mass is 16.5. The van der Waals surface area contributed by atoms with Crippen LogP contribution in [0.25, 0.3) is 5.57 Å². The largest absolute Gasteiger partial charge is 0.353 e. The second kappa shape index (κ2) is 12.0. The van der Waals surface area contributed by atoms with E-state index in [0.29, 0.717) is 18.8 Å². The van der Waals surface area contributed by atoms with Gasteiger partial charge in [-0.25, -0.2) is 5.48 Å². The highest BCUT2D eigenvalue weighted by Gasteiger charge is 2.56. The number of hydroxylamine groups is 1. The van der Waals surface area contributed by atoms with Crippen LogP contribution in [0.5, 0.6) is 0 Å². The molecule has 3 N–H and O–H groups in total. The lowest BCUT2D eigenvalue weighted by molar-refractivity contribution is -0.129. The molecule has 2 amide bonds. The number of allylic oxidation sites excluding steroid dienone is 3. The third kappa shape index (κ3) is 5.73. The Kier molecular flexibility index (Phi) is 8.60. The average Bonchev–Trinajstić information content (AvgIpc) is 3.30. The minimum atomic E-state index is -0.325. The van der Waals surface area contributed by atoms with Crippen molar-refractivity contribution in [3.05, 3.63) is 47.8 Å².